The molecule has 3 aromatic heterocycles. The third-order valence-corrected chi connectivity index (χ3v) is 4.89. The van der Waals surface area contributed by atoms with Crippen LogP contribution in [0.15, 0.2) is 36.0 Å². The van der Waals surface area contributed by atoms with Gasteiger partial charge in [0.05, 0.1) is 6.42 Å². The summed E-state index contributed by atoms with van der Waals surface area (Å²) >= 11 is 1.63. The number of hydrogen-bond acceptors (Lipinski definition) is 6. The van der Waals surface area contributed by atoms with Crippen LogP contribution in [-0.2, 0) is 11.2 Å². The van der Waals surface area contributed by atoms with E-state index in [4.69, 9.17) is 0 Å². The van der Waals surface area contributed by atoms with Crippen LogP contribution in [0.5, 0.6) is 0 Å². The fourth-order valence-corrected chi connectivity index (χ4v) is 3.44. The van der Waals surface area contributed by atoms with Crippen molar-refractivity contribution in [3.63, 3.8) is 0 Å². The number of amides is 1. The van der Waals surface area contributed by atoms with E-state index in [0.717, 1.165) is 42.5 Å². The van der Waals surface area contributed by atoms with Gasteiger partial charge in [-0.25, -0.2) is 0 Å². The predicted molar refractivity (Wildman–Crippen MR) is 87.6 cm³/mol. The Balaban J connectivity index is 1.39. The number of carbonyl (C=O) groups is 1. The zero-order valence-corrected chi connectivity index (χ0v) is 13.3. The van der Waals surface area contributed by atoms with Crippen LogP contribution >= 0.6 is 11.3 Å². The van der Waals surface area contributed by atoms with E-state index in [0.29, 0.717) is 6.42 Å². The molecule has 8 heteroatoms. The molecule has 1 fully saturated rings. The smallest absolute Gasteiger partial charge is 0.227 e. The summed E-state index contributed by atoms with van der Waals surface area (Å²) in [7, 11) is 0. The molecule has 118 valence electrons. The lowest BCUT2D eigenvalue weighted by molar-refractivity contribution is -0.130. The van der Waals surface area contributed by atoms with Crippen molar-refractivity contribution in [1.29, 1.82) is 0 Å². The Morgan fingerprint density at radius 3 is 2.83 bits per heavy atom. The molecule has 0 saturated carbocycles. The highest BCUT2D eigenvalue weighted by molar-refractivity contribution is 7.10. The van der Waals surface area contributed by atoms with Crippen molar-refractivity contribution >= 4 is 28.7 Å². The molecule has 1 aliphatic rings. The normalized spacial score (nSPS) is 15.3. The number of piperazine rings is 1. The Hall–Kier alpha value is -2.48. The minimum Gasteiger partial charge on any atom is -0.352 e. The highest BCUT2D eigenvalue weighted by atomic mass is 32.1. The molecule has 1 aliphatic heterocycles. The van der Waals surface area contributed by atoms with Gasteiger partial charge in [0.25, 0.3) is 0 Å². The minimum absolute atomic E-state index is 0.203. The average Bonchev–Trinajstić information content (AvgIpc) is 3.25. The highest BCUT2D eigenvalue weighted by Gasteiger charge is 2.22. The lowest BCUT2D eigenvalue weighted by Gasteiger charge is -2.35. The van der Waals surface area contributed by atoms with E-state index < -0.39 is 0 Å². The number of rotatable bonds is 3. The number of aromatic nitrogens is 4. The third-order valence-electron chi connectivity index (χ3n) is 4.01. The van der Waals surface area contributed by atoms with Crippen molar-refractivity contribution in [3.05, 3.63) is 40.8 Å². The fraction of sp³-hybridized carbons (Fsp3) is 0.333. The van der Waals surface area contributed by atoms with Crippen LogP contribution in [0.3, 0.4) is 0 Å². The van der Waals surface area contributed by atoms with Crippen LogP contribution in [0, 0.1) is 0 Å². The van der Waals surface area contributed by atoms with Gasteiger partial charge in [-0.15, -0.1) is 26.6 Å². The maximum Gasteiger partial charge on any atom is 0.227 e. The second-order valence-electron chi connectivity index (χ2n) is 5.45. The average molecular weight is 328 g/mol. The summed E-state index contributed by atoms with van der Waals surface area (Å²) in [4.78, 5) is 17.6. The van der Waals surface area contributed by atoms with E-state index in [1.807, 2.05) is 34.5 Å². The van der Waals surface area contributed by atoms with Crippen LogP contribution in [0.1, 0.15) is 4.88 Å². The summed E-state index contributed by atoms with van der Waals surface area (Å²) in [6, 6.07) is 7.85. The molecule has 4 heterocycles. The van der Waals surface area contributed by atoms with Crippen molar-refractivity contribution in [3.8, 4) is 0 Å². The van der Waals surface area contributed by atoms with Crippen LogP contribution in [0.2, 0.25) is 0 Å². The first kappa shape index (κ1) is 14.1. The van der Waals surface area contributed by atoms with Crippen molar-refractivity contribution < 1.29 is 4.79 Å². The standard InChI is InChI=1S/C15H16N6OS/c22-15(10-12-2-1-9-23-12)20-7-5-19(6-8-20)14-4-3-13-17-16-11-21(13)18-14/h1-4,9,11H,5-8,10H2. The van der Waals surface area contributed by atoms with Gasteiger partial charge in [-0.05, 0) is 23.6 Å². The van der Waals surface area contributed by atoms with Gasteiger partial charge in [0, 0.05) is 31.1 Å². The molecule has 0 N–H and O–H groups in total. The van der Waals surface area contributed by atoms with E-state index in [1.54, 1.807) is 22.2 Å². The van der Waals surface area contributed by atoms with Gasteiger partial charge in [-0.3, -0.25) is 4.79 Å². The Kier molecular flexibility index (Phi) is 3.66. The van der Waals surface area contributed by atoms with E-state index >= 15 is 0 Å². The molecule has 0 bridgehead atoms. The van der Waals surface area contributed by atoms with Gasteiger partial charge in [0.15, 0.2) is 5.65 Å². The fourth-order valence-electron chi connectivity index (χ4n) is 2.75. The first-order chi connectivity index (χ1) is 11.3. The Morgan fingerprint density at radius 1 is 1.17 bits per heavy atom. The summed E-state index contributed by atoms with van der Waals surface area (Å²) in [6.45, 7) is 3.03. The molecule has 0 spiro atoms. The van der Waals surface area contributed by atoms with Crippen LogP contribution < -0.4 is 4.90 Å². The Bertz CT molecular complexity index is 806. The maximum absolute atomic E-state index is 12.3. The monoisotopic (exact) mass is 328 g/mol. The number of nitrogens with zero attached hydrogens (tertiary/aromatic N) is 6. The zero-order valence-electron chi connectivity index (χ0n) is 12.5. The number of anilines is 1. The van der Waals surface area contributed by atoms with Gasteiger partial charge in [0.2, 0.25) is 5.91 Å². The summed E-state index contributed by atoms with van der Waals surface area (Å²) in [5.41, 5.74) is 0.735. The van der Waals surface area contributed by atoms with Crippen LogP contribution in [0.25, 0.3) is 5.65 Å². The Morgan fingerprint density at radius 2 is 2.04 bits per heavy atom. The molecule has 0 aliphatic carbocycles. The number of thiophene rings is 1. The first-order valence-corrected chi connectivity index (χ1v) is 8.40. The molecule has 0 atom stereocenters. The van der Waals surface area contributed by atoms with Gasteiger partial charge in [0.1, 0.15) is 12.1 Å². The van der Waals surface area contributed by atoms with Crippen molar-refractivity contribution in [2.24, 2.45) is 0 Å². The quantitative estimate of drug-likeness (QED) is 0.720. The predicted octanol–water partition coefficient (Wildman–Crippen LogP) is 1.08. The lowest BCUT2D eigenvalue weighted by Crippen LogP contribution is -2.49. The highest BCUT2D eigenvalue weighted by Crippen LogP contribution is 2.16. The molecular formula is C15H16N6OS. The topological polar surface area (TPSA) is 66.6 Å². The molecular weight excluding hydrogens is 312 g/mol. The largest absolute Gasteiger partial charge is 0.352 e. The summed E-state index contributed by atoms with van der Waals surface area (Å²) < 4.78 is 1.67. The SMILES string of the molecule is O=C(Cc1cccs1)N1CCN(c2ccc3nncn3n2)CC1. The van der Waals surface area contributed by atoms with Gasteiger partial charge >= 0.3 is 0 Å². The molecule has 23 heavy (non-hydrogen) atoms. The number of carbonyl (C=O) groups excluding carboxylic acids is 1. The maximum atomic E-state index is 12.3. The second-order valence-corrected chi connectivity index (χ2v) is 6.48. The third kappa shape index (κ3) is 2.89. The molecule has 0 aromatic carbocycles. The van der Waals surface area contributed by atoms with Crippen LogP contribution in [-0.4, -0.2) is 56.8 Å². The Labute approximate surface area is 137 Å². The molecule has 1 amide bonds. The lowest BCUT2D eigenvalue weighted by atomic mass is 10.2. The molecule has 7 nitrogen and oxygen atoms in total. The van der Waals surface area contributed by atoms with Crippen molar-refractivity contribution in [2.45, 2.75) is 6.42 Å². The van der Waals surface area contributed by atoms with Crippen molar-refractivity contribution in [2.75, 3.05) is 31.1 Å². The van der Waals surface area contributed by atoms with Gasteiger partial charge in [-0.1, -0.05) is 6.07 Å². The number of hydrogen-bond donors (Lipinski definition) is 0. The van der Waals surface area contributed by atoms with Gasteiger partial charge < -0.3 is 9.80 Å². The second kappa shape index (κ2) is 5.96. The summed E-state index contributed by atoms with van der Waals surface area (Å²) in [5.74, 6) is 1.09. The van der Waals surface area contributed by atoms with E-state index in [1.165, 1.54) is 0 Å². The first-order valence-electron chi connectivity index (χ1n) is 7.52. The van der Waals surface area contributed by atoms with E-state index in [2.05, 4.69) is 20.2 Å². The van der Waals surface area contributed by atoms with E-state index in [9.17, 15) is 4.79 Å². The summed E-state index contributed by atoms with van der Waals surface area (Å²) in [6.07, 6.45) is 2.10. The zero-order chi connectivity index (χ0) is 15.6. The molecule has 0 radical (unpaired) electrons. The van der Waals surface area contributed by atoms with E-state index in [-0.39, 0.29) is 5.91 Å². The molecule has 0 unspecified atom stereocenters. The minimum atomic E-state index is 0.203. The van der Waals surface area contributed by atoms with Gasteiger partial charge in [-0.2, -0.15) is 4.52 Å². The van der Waals surface area contributed by atoms with Crippen molar-refractivity contribution in [1.82, 2.24) is 24.7 Å². The van der Waals surface area contributed by atoms with Crippen LogP contribution in [0.4, 0.5) is 5.82 Å². The molecule has 4 rings (SSSR count). The molecule has 3 aromatic rings. The number of fused-ring (bicyclic) bond motifs is 1. The summed E-state index contributed by atoms with van der Waals surface area (Å²) in [5, 5.41) is 14.3. The molecule has 1 saturated heterocycles.